The van der Waals surface area contributed by atoms with Crippen molar-refractivity contribution in [2.75, 3.05) is 20.8 Å². The van der Waals surface area contributed by atoms with E-state index in [1.807, 2.05) is 12.1 Å². The van der Waals surface area contributed by atoms with Crippen molar-refractivity contribution in [3.8, 4) is 28.4 Å². The van der Waals surface area contributed by atoms with Crippen LogP contribution in [0.5, 0.6) is 17.2 Å². The molecule has 1 aromatic heterocycles. The summed E-state index contributed by atoms with van der Waals surface area (Å²) in [4.78, 5) is 25.7. The molecule has 0 saturated heterocycles. The van der Waals surface area contributed by atoms with Crippen molar-refractivity contribution in [1.29, 1.82) is 0 Å². The molecule has 1 heterocycles. The second-order valence-electron chi connectivity index (χ2n) is 8.71. The van der Waals surface area contributed by atoms with Crippen LogP contribution in [0.15, 0.2) is 76.1 Å². The number of nitrogens with one attached hydrogen (secondary N) is 1. The normalized spacial score (nSPS) is 14.7. The summed E-state index contributed by atoms with van der Waals surface area (Å²) < 4.78 is 22.1. The highest BCUT2D eigenvalue weighted by Gasteiger charge is 2.21. The van der Waals surface area contributed by atoms with Gasteiger partial charge in [0.2, 0.25) is 0 Å². The number of carbonyl (C=O) groups is 1. The fraction of sp³-hybridized carbons (Fsp3) is 0.241. The Morgan fingerprint density at radius 3 is 2.69 bits per heavy atom. The fourth-order valence-corrected chi connectivity index (χ4v) is 4.69. The lowest BCUT2D eigenvalue weighted by molar-refractivity contribution is -0.123. The van der Waals surface area contributed by atoms with E-state index in [4.69, 9.17) is 18.6 Å². The zero-order chi connectivity index (χ0) is 25.1. The van der Waals surface area contributed by atoms with Crippen LogP contribution in [0.1, 0.15) is 30.0 Å². The number of carbonyl (C=O) groups excluding carboxylic acids is 1. The highest BCUT2D eigenvalue weighted by Crippen LogP contribution is 2.32. The number of fused-ring (bicyclic) bond motifs is 2. The van der Waals surface area contributed by atoms with Gasteiger partial charge in [0.15, 0.2) is 23.5 Å². The van der Waals surface area contributed by atoms with Crippen molar-refractivity contribution in [1.82, 2.24) is 5.32 Å². The summed E-state index contributed by atoms with van der Waals surface area (Å²) in [5.41, 5.74) is 3.72. The highest BCUT2D eigenvalue weighted by molar-refractivity contribution is 5.83. The summed E-state index contributed by atoms with van der Waals surface area (Å²) >= 11 is 0. The molecule has 4 aromatic rings. The lowest BCUT2D eigenvalue weighted by Gasteiger charge is -2.26. The maximum atomic E-state index is 13.1. The summed E-state index contributed by atoms with van der Waals surface area (Å²) in [7, 11) is 3.10. The summed E-state index contributed by atoms with van der Waals surface area (Å²) in [5, 5.41) is 3.49. The van der Waals surface area contributed by atoms with Gasteiger partial charge in [-0.1, -0.05) is 30.3 Å². The molecule has 7 heteroatoms. The number of methoxy groups -OCH3 is 2. The van der Waals surface area contributed by atoms with E-state index < -0.39 is 0 Å². The van der Waals surface area contributed by atoms with Gasteiger partial charge in [0, 0.05) is 6.07 Å². The molecule has 0 unspecified atom stereocenters. The van der Waals surface area contributed by atoms with Crippen LogP contribution in [0.25, 0.3) is 22.1 Å². The summed E-state index contributed by atoms with van der Waals surface area (Å²) in [6.45, 7) is -0.127. The van der Waals surface area contributed by atoms with Crippen molar-refractivity contribution in [2.24, 2.45) is 0 Å². The van der Waals surface area contributed by atoms with E-state index in [0.717, 1.165) is 19.3 Å². The molecule has 7 nitrogen and oxygen atoms in total. The Morgan fingerprint density at radius 2 is 1.86 bits per heavy atom. The van der Waals surface area contributed by atoms with Gasteiger partial charge in [0.05, 0.1) is 31.2 Å². The molecule has 5 rings (SSSR count). The van der Waals surface area contributed by atoms with E-state index in [-0.39, 0.29) is 24.0 Å². The van der Waals surface area contributed by atoms with Crippen LogP contribution in [0.4, 0.5) is 0 Å². The number of hydrogen-bond acceptors (Lipinski definition) is 6. The van der Waals surface area contributed by atoms with Gasteiger partial charge in [-0.05, 0) is 60.2 Å². The van der Waals surface area contributed by atoms with E-state index in [9.17, 15) is 9.59 Å². The van der Waals surface area contributed by atoms with E-state index in [2.05, 4.69) is 17.4 Å². The molecule has 1 N–H and O–H groups in total. The number of benzene rings is 3. The molecule has 1 amide bonds. The van der Waals surface area contributed by atoms with Gasteiger partial charge in [0.25, 0.3) is 5.91 Å². The Labute approximate surface area is 208 Å². The first-order valence-corrected chi connectivity index (χ1v) is 11.9. The number of hydrogen-bond donors (Lipinski definition) is 1. The van der Waals surface area contributed by atoms with E-state index in [1.54, 1.807) is 50.6 Å². The summed E-state index contributed by atoms with van der Waals surface area (Å²) in [6, 6.07) is 18.4. The Balaban J connectivity index is 1.30. The maximum Gasteiger partial charge on any atom is 0.258 e. The molecular weight excluding hydrogens is 458 g/mol. The third-order valence-electron chi connectivity index (χ3n) is 6.52. The molecule has 0 saturated carbocycles. The molecule has 0 radical (unpaired) electrons. The van der Waals surface area contributed by atoms with Crippen molar-refractivity contribution in [3.05, 3.63) is 88.3 Å². The van der Waals surface area contributed by atoms with Crippen molar-refractivity contribution in [3.63, 3.8) is 0 Å². The Kier molecular flexibility index (Phi) is 6.62. The summed E-state index contributed by atoms with van der Waals surface area (Å²) in [6.07, 6.45) is 4.40. The van der Waals surface area contributed by atoms with Crippen LogP contribution in [0, 0.1) is 0 Å². The average molecular weight is 486 g/mol. The van der Waals surface area contributed by atoms with Crippen LogP contribution in [-0.2, 0) is 11.2 Å². The van der Waals surface area contributed by atoms with Crippen LogP contribution in [-0.4, -0.2) is 26.7 Å². The second kappa shape index (κ2) is 10.2. The monoisotopic (exact) mass is 485 g/mol. The molecule has 1 aliphatic carbocycles. The predicted octanol–water partition coefficient (Wildman–Crippen LogP) is 5.05. The van der Waals surface area contributed by atoms with Crippen molar-refractivity contribution < 1.29 is 23.4 Å². The standard InChI is InChI=1S/C29H27NO6/c1-33-25-13-10-19(14-27(25)34-2)23-16-36-26-15-20(11-12-22(26)29(23)32)35-17-28(31)30-24-9-5-7-18-6-3-4-8-21(18)24/h3-4,6,8,10-16,24H,5,7,9,17H2,1-2H3,(H,30,31)/t24-/m1/s1. The Bertz CT molecular complexity index is 1470. The molecule has 3 aromatic carbocycles. The zero-order valence-electron chi connectivity index (χ0n) is 20.2. The van der Waals surface area contributed by atoms with Gasteiger partial charge in [-0.2, -0.15) is 0 Å². The van der Waals surface area contributed by atoms with Crippen LogP contribution in [0.3, 0.4) is 0 Å². The second-order valence-corrected chi connectivity index (χ2v) is 8.71. The minimum absolute atomic E-state index is 0.00400. The number of amides is 1. The topological polar surface area (TPSA) is 87.0 Å². The molecule has 36 heavy (non-hydrogen) atoms. The fourth-order valence-electron chi connectivity index (χ4n) is 4.69. The Hall–Kier alpha value is -4.26. The number of aryl methyl sites for hydroxylation is 1. The molecule has 0 aliphatic heterocycles. The minimum atomic E-state index is -0.193. The van der Waals surface area contributed by atoms with Crippen LogP contribution >= 0.6 is 0 Å². The van der Waals surface area contributed by atoms with Crippen LogP contribution < -0.4 is 25.0 Å². The van der Waals surface area contributed by atoms with Gasteiger partial charge in [-0.25, -0.2) is 0 Å². The third-order valence-corrected chi connectivity index (χ3v) is 6.52. The first-order valence-electron chi connectivity index (χ1n) is 11.9. The molecule has 184 valence electrons. The van der Waals surface area contributed by atoms with E-state index in [0.29, 0.717) is 39.3 Å². The van der Waals surface area contributed by atoms with Gasteiger partial charge >= 0.3 is 0 Å². The molecule has 1 aliphatic rings. The number of ether oxygens (including phenoxy) is 3. The minimum Gasteiger partial charge on any atom is -0.493 e. The number of rotatable bonds is 7. The molecule has 0 fully saturated rings. The van der Waals surface area contributed by atoms with Crippen molar-refractivity contribution >= 4 is 16.9 Å². The zero-order valence-corrected chi connectivity index (χ0v) is 20.2. The van der Waals surface area contributed by atoms with Crippen molar-refractivity contribution in [2.45, 2.75) is 25.3 Å². The third kappa shape index (κ3) is 4.64. The largest absolute Gasteiger partial charge is 0.493 e. The van der Waals surface area contributed by atoms with Gasteiger partial charge in [-0.15, -0.1) is 0 Å². The summed E-state index contributed by atoms with van der Waals surface area (Å²) in [5.74, 6) is 1.35. The first-order chi connectivity index (χ1) is 17.6. The van der Waals surface area contributed by atoms with E-state index in [1.165, 1.54) is 17.4 Å². The van der Waals surface area contributed by atoms with Gasteiger partial charge in [0.1, 0.15) is 17.6 Å². The lowest BCUT2D eigenvalue weighted by Crippen LogP contribution is -2.34. The maximum absolute atomic E-state index is 13.1. The SMILES string of the molecule is COc1ccc(-c2coc3cc(OCC(=O)N[C@@H]4CCCc5ccccc54)ccc3c2=O)cc1OC. The van der Waals surface area contributed by atoms with Gasteiger partial charge in [-0.3, -0.25) is 9.59 Å². The molecule has 1 atom stereocenters. The van der Waals surface area contributed by atoms with E-state index >= 15 is 0 Å². The van der Waals surface area contributed by atoms with Crippen LogP contribution in [0.2, 0.25) is 0 Å². The quantitative estimate of drug-likeness (QED) is 0.394. The Morgan fingerprint density at radius 1 is 1.03 bits per heavy atom. The highest BCUT2D eigenvalue weighted by atomic mass is 16.5. The lowest BCUT2D eigenvalue weighted by atomic mass is 9.88. The molecule has 0 spiro atoms. The molecular formula is C29H27NO6. The first kappa shape index (κ1) is 23.5. The molecule has 0 bridgehead atoms. The van der Waals surface area contributed by atoms with Gasteiger partial charge < -0.3 is 23.9 Å². The average Bonchev–Trinajstić information content (AvgIpc) is 2.92. The smallest absolute Gasteiger partial charge is 0.258 e. The predicted molar refractivity (Wildman–Crippen MR) is 137 cm³/mol.